The van der Waals surface area contributed by atoms with Crippen molar-refractivity contribution in [1.29, 1.82) is 0 Å². The van der Waals surface area contributed by atoms with Gasteiger partial charge in [-0.25, -0.2) is 4.98 Å². The van der Waals surface area contributed by atoms with Crippen molar-refractivity contribution in [2.45, 2.75) is 20.1 Å². The smallest absolute Gasteiger partial charge is 0.166 e. The first-order chi connectivity index (χ1) is 11.7. The number of methoxy groups -OCH3 is 1. The van der Waals surface area contributed by atoms with E-state index in [1.807, 2.05) is 27.3 Å². The van der Waals surface area contributed by atoms with Crippen molar-refractivity contribution in [1.82, 2.24) is 24.3 Å². The first-order valence-corrected chi connectivity index (χ1v) is 7.81. The number of imidazole rings is 1. The Kier molecular flexibility index (Phi) is 3.60. The van der Waals surface area contributed by atoms with Gasteiger partial charge in [-0.1, -0.05) is 17.5 Å². The van der Waals surface area contributed by atoms with E-state index in [4.69, 9.17) is 16.3 Å². The van der Waals surface area contributed by atoms with Gasteiger partial charge in [-0.15, -0.1) is 10.2 Å². The highest BCUT2D eigenvalue weighted by atomic mass is 35.5. The Morgan fingerprint density at radius 1 is 1.33 bits per heavy atom. The van der Waals surface area contributed by atoms with E-state index in [-0.39, 0.29) is 0 Å². The third-order valence-electron chi connectivity index (χ3n) is 3.98. The van der Waals surface area contributed by atoms with Crippen molar-refractivity contribution in [3.05, 3.63) is 46.8 Å². The van der Waals surface area contributed by atoms with E-state index in [9.17, 15) is 0 Å². The molecule has 1 aliphatic heterocycles. The van der Waals surface area contributed by atoms with E-state index < -0.39 is 0 Å². The third-order valence-corrected chi connectivity index (χ3v) is 4.21. The van der Waals surface area contributed by atoms with Gasteiger partial charge >= 0.3 is 0 Å². The second-order valence-electron chi connectivity index (χ2n) is 5.41. The molecule has 0 amide bonds. The summed E-state index contributed by atoms with van der Waals surface area (Å²) in [6.07, 6.45) is 1.79. The van der Waals surface area contributed by atoms with E-state index in [1.54, 1.807) is 20.4 Å². The maximum absolute atomic E-state index is 6.22. The monoisotopic (exact) mass is 339 g/mol. The summed E-state index contributed by atoms with van der Waals surface area (Å²) in [7, 11) is 1.64. The lowest BCUT2D eigenvalue weighted by atomic mass is 10.1. The highest BCUT2D eigenvalue weighted by molar-refractivity contribution is 6.31. The van der Waals surface area contributed by atoms with Gasteiger partial charge in [-0.2, -0.15) is 0 Å². The molecule has 0 unspecified atom stereocenters. The maximum atomic E-state index is 6.22. The van der Waals surface area contributed by atoms with Crippen LogP contribution in [-0.2, 0) is 17.9 Å². The summed E-state index contributed by atoms with van der Waals surface area (Å²) in [4.78, 5) is 4.45. The predicted octanol–water partition coefficient (Wildman–Crippen LogP) is 2.66. The van der Waals surface area contributed by atoms with Crippen LogP contribution in [0.15, 0.2) is 24.5 Å². The Balaban J connectivity index is 2.04. The number of rotatable bonds is 2. The Morgan fingerprint density at radius 3 is 3.00 bits per heavy atom. The zero-order valence-corrected chi connectivity index (χ0v) is 14.0. The highest BCUT2D eigenvalue weighted by Crippen LogP contribution is 2.34. The largest absolute Gasteiger partial charge is 0.377 e. The number of halogens is 1. The molecule has 4 rings (SSSR count). The summed E-state index contributed by atoms with van der Waals surface area (Å²) < 4.78 is 9.32. The number of nitrogens with zero attached hydrogens (tertiary/aromatic N) is 5. The zero-order valence-electron chi connectivity index (χ0n) is 13.2. The van der Waals surface area contributed by atoms with Gasteiger partial charge < -0.3 is 9.30 Å². The minimum atomic E-state index is 0.381. The second kappa shape index (κ2) is 5.78. The molecule has 0 spiro atoms. The van der Waals surface area contributed by atoms with E-state index in [1.165, 1.54) is 0 Å². The molecule has 6 nitrogen and oxygen atoms in total. The van der Waals surface area contributed by atoms with Crippen molar-refractivity contribution < 1.29 is 4.74 Å². The number of fused-ring (bicyclic) bond motifs is 5. The molecule has 3 heterocycles. The number of hydrogen-bond donors (Lipinski definition) is 0. The molecular formula is C17H14ClN5O. The fraction of sp³-hybridized carbons (Fsp3) is 0.235. The Bertz CT molecular complexity index is 992. The van der Waals surface area contributed by atoms with Crippen LogP contribution in [0.3, 0.4) is 0 Å². The molecule has 7 heteroatoms. The predicted molar refractivity (Wildman–Crippen MR) is 90.0 cm³/mol. The van der Waals surface area contributed by atoms with Crippen molar-refractivity contribution >= 4 is 11.6 Å². The van der Waals surface area contributed by atoms with Gasteiger partial charge in [0.25, 0.3) is 0 Å². The quantitative estimate of drug-likeness (QED) is 0.527. The molecule has 0 fully saturated rings. The average Bonchev–Trinajstić information content (AvgIpc) is 3.11. The van der Waals surface area contributed by atoms with Crippen LogP contribution in [0.2, 0.25) is 5.02 Å². The zero-order chi connectivity index (χ0) is 16.7. The molecule has 0 radical (unpaired) electrons. The number of ether oxygens (including phenoxy) is 1. The van der Waals surface area contributed by atoms with E-state index in [2.05, 4.69) is 27.0 Å². The lowest BCUT2D eigenvalue weighted by Crippen LogP contribution is -2.09. The SMILES string of the molecule is CC#Cc1ncn2c1Cn1c(COC)nnc1-c1cc(Cl)ccc1-2. The Labute approximate surface area is 144 Å². The molecule has 24 heavy (non-hydrogen) atoms. The van der Waals surface area contributed by atoms with E-state index >= 15 is 0 Å². The van der Waals surface area contributed by atoms with E-state index in [0.29, 0.717) is 18.2 Å². The van der Waals surface area contributed by atoms with Crippen LogP contribution in [0.1, 0.15) is 24.1 Å². The summed E-state index contributed by atoms with van der Waals surface area (Å²) in [6.45, 7) is 2.75. The molecule has 0 atom stereocenters. The number of benzene rings is 1. The van der Waals surface area contributed by atoms with Crippen molar-refractivity contribution in [3.63, 3.8) is 0 Å². The first kappa shape index (κ1) is 14.9. The van der Waals surface area contributed by atoms with Gasteiger partial charge in [0.2, 0.25) is 0 Å². The Morgan fingerprint density at radius 2 is 2.21 bits per heavy atom. The summed E-state index contributed by atoms with van der Waals surface area (Å²) >= 11 is 6.22. The van der Waals surface area contributed by atoms with Crippen LogP contribution >= 0.6 is 11.6 Å². The Hall–Kier alpha value is -2.62. The van der Waals surface area contributed by atoms with Crippen LogP contribution in [0.4, 0.5) is 0 Å². The van der Waals surface area contributed by atoms with Crippen LogP contribution in [-0.4, -0.2) is 31.4 Å². The van der Waals surface area contributed by atoms with Crippen LogP contribution in [0.5, 0.6) is 0 Å². The fourth-order valence-electron chi connectivity index (χ4n) is 2.94. The van der Waals surface area contributed by atoms with Gasteiger partial charge in [0, 0.05) is 17.7 Å². The molecule has 3 aromatic rings. The minimum absolute atomic E-state index is 0.381. The number of hydrogen-bond acceptors (Lipinski definition) is 4. The third kappa shape index (κ3) is 2.21. The molecule has 2 aromatic heterocycles. The van der Waals surface area contributed by atoms with Gasteiger partial charge in [0.05, 0.1) is 17.9 Å². The van der Waals surface area contributed by atoms with Crippen molar-refractivity contribution in [3.8, 4) is 28.9 Å². The molecule has 0 saturated carbocycles. The van der Waals surface area contributed by atoms with Crippen LogP contribution in [0.25, 0.3) is 17.1 Å². The fourth-order valence-corrected chi connectivity index (χ4v) is 3.11. The summed E-state index contributed by atoms with van der Waals surface area (Å²) in [6, 6.07) is 5.72. The van der Waals surface area contributed by atoms with Crippen molar-refractivity contribution in [2.75, 3.05) is 7.11 Å². The molecule has 0 N–H and O–H groups in total. The van der Waals surface area contributed by atoms with E-state index in [0.717, 1.165) is 34.3 Å². The summed E-state index contributed by atoms with van der Waals surface area (Å²) in [5.74, 6) is 7.50. The van der Waals surface area contributed by atoms with Gasteiger partial charge in [0.15, 0.2) is 11.6 Å². The average molecular weight is 340 g/mol. The molecule has 1 aromatic carbocycles. The molecule has 1 aliphatic rings. The maximum Gasteiger partial charge on any atom is 0.166 e. The minimum Gasteiger partial charge on any atom is -0.377 e. The second-order valence-corrected chi connectivity index (χ2v) is 5.84. The summed E-state index contributed by atoms with van der Waals surface area (Å²) in [5.41, 5.74) is 3.61. The summed E-state index contributed by atoms with van der Waals surface area (Å²) in [5, 5.41) is 9.28. The molecule has 0 aliphatic carbocycles. The number of aromatic nitrogens is 5. The van der Waals surface area contributed by atoms with Crippen molar-refractivity contribution in [2.24, 2.45) is 0 Å². The van der Waals surface area contributed by atoms with Gasteiger partial charge in [-0.05, 0) is 31.0 Å². The standard InChI is InChI=1S/C17H14ClN5O/c1-3-4-13-15-8-22-16(9-24-2)20-21-17(22)12-7-11(18)5-6-14(12)23(15)10-19-13/h5-7,10H,8-9H2,1-2H3. The van der Waals surface area contributed by atoms with Crippen LogP contribution < -0.4 is 0 Å². The first-order valence-electron chi connectivity index (χ1n) is 7.43. The molecular weight excluding hydrogens is 326 g/mol. The highest BCUT2D eigenvalue weighted by Gasteiger charge is 2.25. The lowest BCUT2D eigenvalue weighted by Gasteiger charge is -2.08. The lowest BCUT2D eigenvalue weighted by molar-refractivity contribution is 0.174. The van der Waals surface area contributed by atoms with Gasteiger partial charge in [-0.3, -0.25) is 4.57 Å². The molecule has 0 saturated heterocycles. The molecule has 120 valence electrons. The normalized spacial score (nSPS) is 11.8. The van der Waals surface area contributed by atoms with Crippen LogP contribution in [0, 0.1) is 11.8 Å². The molecule has 0 bridgehead atoms. The topological polar surface area (TPSA) is 57.8 Å². The van der Waals surface area contributed by atoms with Gasteiger partial charge in [0.1, 0.15) is 18.6 Å².